The van der Waals surface area contributed by atoms with E-state index in [0.717, 1.165) is 0 Å². The number of fused-ring (bicyclic) bond motifs is 3. The number of halogens is 3. The largest absolute Gasteiger partial charge is 0.464 e. The van der Waals surface area contributed by atoms with E-state index in [1.165, 1.54) is 18.7 Å². The number of esters is 1. The Labute approximate surface area is 213 Å². The number of ether oxygens (including phenoxy) is 1. The zero-order valence-corrected chi connectivity index (χ0v) is 21.4. The molecule has 3 aliphatic heterocycles. The summed E-state index contributed by atoms with van der Waals surface area (Å²) in [7, 11) is 0. The van der Waals surface area contributed by atoms with Crippen molar-refractivity contribution in [3.05, 3.63) is 0 Å². The second-order valence-electron chi connectivity index (χ2n) is 11.1. The normalized spacial score (nSPS) is 33.1. The van der Waals surface area contributed by atoms with E-state index in [9.17, 15) is 37.6 Å². The maximum atomic E-state index is 13.8. The van der Waals surface area contributed by atoms with E-state index in [1.807, 2.05) is 19.9 Å². The zero-order valence-electron chi connectivity index (χ0n) is 21.4. The first-order valence-corrected chi connectivity index (χ1v) is 12.4. The first-order valence-electron chi connectivity index (χ1n) is 12.4. The van der Waals surface area contributed by atoms with Gasteiger partial charge in [0, 0.05) is 17.9 Å². The molecule has 3 saturated heterocycles. The van der Waals surface area contributed by atoms with Crippen molar-refractivity contribution in [1.82, 2.24) is 20.9 Å². The third-order valence-corrected chi connectivity index (χ3v) is 7.46. The zero-order chi connectivity index (χ0) is 27.7. The van der Waals surface area contributed by atoms with Crippen LogP contribution in [0, 0.1) is 34.5 Å². The second kappa shape index (κ2) is 10.8. The molecule has 3 rings (SSSR count). The van der Waals surface area contributed by atoms with Crippen LogP contribution in [-0.4, -0.2) is 78.6 Å². The molecule has 3 fully saturated rings. The van der Waals surface area contributed by atoms with Gasteiger partial charge in [0.2, 0.25) is 17.7 Å². The van der Waals surface area contributed by atoms with Gasteiger partial charge in [0.05, 0.1) is 25.3 Å². The number of rotatable bonds is 3. The summed E-state index contributed by atoms with van der Waals surface area (Å²) >= 11 is 0. The molecule has 2 bridgehead atoms. The van der Waals surface area contributed by atoms with Gasteiger partial charge in [-0.05, 0) is 31.1 Å². The van der Waals surface area contributed by atoms with Gasteiger partial charge in [0.1, 0.15) is 18.1 Å². The highest BCUT2D eigenvalue weighted by molar-refractivity contribution is 5.92. The van der Waals surface area contributed by atoms with E-state index < -0.39 is 78.5 Å². The number of nitriles is 1. The number of hydrogen-bond donors (Lipinski definition) is 3. The molecule has 206 valence electrons. The fourth-order valence-corrected chi connectivity index (χ4v) is 5.40. The molecule has 0 unspecified atom stereocenters. The maximum Gasteiger partial charge on any atom is 0.401 e. The van der Waals surface area contributed by atoms with Gasteiger partial charge >= 0.3 is 12.1 Å². The molecule has 3 aliphatic rings. The molecular formula is C24H34F3N5O5. The summed E-state index contributed by atoms with van der Waals surface area (Å²) in [6.45, 7) is 5.04. The van der Waals surface area contributed by atoms with Crippen LogP contribution in [0.5, 0.6) is 0 Å². The fourth-order valence-electron chi connectivity index (χ4n) is 5.40. The van der Waals surface area contributed by atoms with E-state index in [1.54, 1.807) is 0 Å². The summed E-state index contributed by atoms with van der Waals surface area (Å²) in [6, 6.07) is -2.55. The highest BCUT2D eigenvalue weighted by Crippen LogP contribution is 2.34. The summed E-state index contributed by atoms with van der Waals surface area (Å²) in [5.74, 6) is -3.59. The van der Waals surface area contributed by atoms with Crippen LogP contribution in [0.3, 0.4) is 0 Å². The van der Waals surface area contributed by atoms with Crippen molar-refractivity contribution in [2.75, 3.05) is 19.7 Å². The molecule has 13 heteroatoms. The molecule has 0 spiro atoms. The van der Waals surface area contributed by atoms with Crippen LogP contribution >= 0.6 is 0 Å². The van der Waals surface area contributed by atoms with E-state index in [0.29, 0.717) is 6.42 Å². The van der Waals surface area contributed by atoms with Gasteiger partial charge in [-0.1, -0.05) is 27.7 Å². The molecule has 0 saturated carbocycles. The molecule has 3 N–H and O–H groups in total. The summed E-state index contributed by atoms with van der Waals surface area (Å²) in [5, 5.41) is 17.1. The first-order chi connectivity index (χ1) is 17.1. The van der Waals surface area contributed by atoms with Crippen LogP contribution in [0.15, 0.2) is 0 Å². The molecular weight excluding hydrogens is 495 g/mol. The lowest BCUT2D eigenvalue weighted by Gasteiger charge is -2.38. The Morgan fingerprint density at radius 3 is 2.43 bits per heavy atom. The predicted molar refractivity (Wildman–Crippen MR) is 123 cm³/mol. The highest BCUT2D eigenvalue weighted by atomic mass is 19.4. The van der Waals surface area contributed by atoms with Crippen LogP contribution in [-0.2, 0) is 23.9 Å². The number of amides is 3. The third kappa shape index (κ3) is 6.52. The average molecular weight is 530 g/mol. The van der Waals surface area contributed by atoms with Crippen molar-refractivity contribution >= 4 is 23.7 Å². The number of nitrogens with zero attached hydrogens (tertiary/aromatic N) is 2. The Morgan fingerprint density at radius 1 is 1.16 bits per heavy atom. The molecule has 0 aromatic carbocycles. The first kappa shape index (κ1) is 28.7. The number of hydrogen-bond acceptors (Lipinski definition) is 7. The smallest absolute Gasteiger partial charge is 0.401 e. The van der Waals surface area contributed by atoms with Crippen molar-refractivity contribution in [1.29, 1.82) is 5.26 Å². The Morgan fingerprint density at radius 2 is 1.84 bits per heavy atom. The molecule has 0 aromatic heterocycles. The lowest BCUT2D eigenvalue weighted by atomic mass is 9.83. The van der Waals surface area contributed by atoms with Gasteiger partial charge in [0.15, 0.2) is 0 Å². The van der Waals surface area contributed by atoms with Gasteiger partial charge in [-0.25, -0.2) is 4.79 Å². The Balaban J connectivity index is 2.02. The standard InChI is InChI=1S/C24H34F3N5O5/c1-12(2)15-5-6-32-17(15)20(34)30-14(9-28)7-13-8-16(31-19(13)33)22(36)37-11-23(3,4)18(21(32)35)29-10-24(25,26)27/h12-18,29H,5-8,10-11H2,1-4H3,(H,30,34)(H,31,33)/t13-,14+,15-,16+,17+,18-/m1/s1. The lowest BCUT2D eigenvalue weighted by molar-refractivity contribution is -0.156. The van der Waals surface area contributed by atoms with Crippen molar-refractivity contribution in [2.24, 2.45) is 23.2 Å². The fraction of sp³-hybridized carbons (Fsp3) is 0.792. The van der Waals surface area contributed by atoms with Crippen LogP contribution < -0.4 is 16.0 Å². The molecule has 37 heavy (non-hydrogen) atoms. The summed E-state index contributed by atoms with van der Waals surface area (Å²) in [6.07, 6.45) is -4.15. The molecule has 0 radical (unpaired) electrons. The van der Waals surface area contributed by atoms with Gasteiger partial charge in [-0.2, -0.15) is 18.4 Å². The summed E-state index contributed by atoms with van der Waals surface area (Å²) in [4.78, 5) is 53.6. The average Bonchev–Trinajstić information content (AvgIpc) is 3.39. The van der Waals surface area contributed by atoms with E-state index in [2.05, 4.69) is 16.0 Å². The summed E-state index contributed by atoms with van der Waals surface area (Å²) < 4.78 is 44.8. The molecule has 6 atom stereocenters. The minimum absolute atomic E-state index is 0.0342. The van der Waals surface area contributed by atoms with Crippen LogP contribution in [0.4, 0.5) is 13.2 Å². The van der Waals surface area contributed by atoms with Crippen LogP contribution in [0.1, 0.15) is 47.0 Å². The number of nitrogens with one attached hydrogen (secondary N) is 3. The summed E-state index contributed by atoms with van der Waals surface area (Å²) in [5.41, 5.74) is -1.30. The molecule has 3 heterocycles. The van der Waals surface area contributed by atoms with Gasteiger partial charge in [0.25, 0.3) is 0 Å². The number of carbonyl (C=O) groups excluding carboxylic acids is 4. The van der Waals surface area contributed by atoms with Gasteiger partial charge in [-0.15, -0.1) is 0 Å². The van der Waals surface area contributed by atoms with Crippen LogP contribution in [0.2, 0.25) is 0 Å². The van der Waals surface area contributed by atoms with Crippen molar-refractivity contribution in [3.8, 4) is 6.07 Å². The van der Waals surface area contributed by atoms with Crippen molar-refractivity contribution in [3.63, 3.8) is 0 Å². The Kier molecular flexibility index (Phi) is 8.41. The minimum atomic E-state index is -4.62. The van der Waals surface area contributed by atoms with Gasteiger partial charge in [-0.3, -0.25) is 19.7 Å². The van der Waals surface area contributed by atoms with Crippen molar-refractivity contribution in [2.45, 2.75) is 77.3 Å². The number of carbonyl (C=O) groups is 4. The SMILES string of the molecule is CC(C)[C@H]1CCN2C(=O)[C@@H](NCC(F)(F)F)C(C)(C)COC(=O)[C@@H]3C[C@@H](C[C@@H](C#N)NC(=O)[C@H]12)C(=O)N3. The van der Waals surface area contributed by atoms with E-state index in [4.69, 9.17) is 4.74 Å². The number of cyclic esters (lactones) is 1. The molecule has 0 aromatic rings. The minimum Gasteiger partial charge on any atom is -0.464 e. The Hall–Kier alpha value is -2.88. The quantitative estimate of drug-likeness (QED) is 0.461. The van der Waals surface area contributed by atoms with E-state index >= 15 is 0 Å². The Bertz CT molecular complexity index is 963. The molecule has 0 aliphatic carbocycles. The van der Waals surface area contributed by atoms with Gasteiger partial charge < -0.3 is 20.3 Å². The maximum absolute atomic E-state index is 13.8. The van der Waals surface area contributed by atoms with E-state index in [-0.39, 0.29) is 31.2 Å². The van der Waals surface area contributed by atoms with Crippen molar-refractivity contribution < 1.29 is 37.1 Å². The molecule has 10 nitrogen and oxygen atoms in total. The van der Waals surface area contributed by atoms with Crippen LogP contribution in [0.25, 0.3) is 0 Å². The molecule has 3 amide bonds. The monoisotopic (exact) mass is 529 g/mol. The predicted octanol–water partition coefficient (Wildman–Crippen LogP) is 0.866. The lowest BCUT2D eigenvalue weighted by Crippen LogP contribution is -2.60. The number of alkyl halides is 3. The second-order valence-corrected chi connectivity index (χ2v) is 11.1. The topological polar surface area (TPSA) is 141 Å². The third-order valence-electron chi connectivity index (χ3n) is 7.46. The highest BCUT2D eigenvalue weighted by Gasteiger charge is 2.49.